The molecule has 0 aromatic rings. The lowest BCUT2D eigenvalue weighted by Crippen LogP contribution is -2.41. The van der Waals surface area contributed by atoms with Gasteiger partial charge in [0.05, 0.1) is 6.10 Å². The minimum absolute atomic E-state index is 0.0880. The summed E-state index contributed by atoms with van der Waals surface area (Å²) >= 11 is 0. The van der Waals surface area contributed by atoms with Crippen LogP contribution in [0.15, 0.2) is 0 Å². The van der Waals surface area contributed by atoms with Crippen LogP contribution in [0.4, 0.5) is 0 Å². The Hall–Kier alpha value is -0.610. The molecule has 1 aliphatic carbocycles. The number of nitrogens with zero attached hydrogens (tertiary/aromatic N) is 1. The molecule has 4 unspecified atom stereocenters. The molecule has 4 atom stereocenters. The molecular formula is C13H22N2O2. The van der Waals surface area contributed by atoms with Gasteiger partial charge in [0.15, 0.2) is 0 Å². The van der Waals surface area contributed by atoms with Gasteiger partial charge < -0.3 is 15.3 Å². The number of rotatable bonds is 3. The number of hydrogen-bond donors (Lipinski definition) is 2. The maximum Gasteiger partial charge on any atom is 0.224 e. The summed E-state index contributed by atoms with van der Waals surface area (Å²) in [7, 11) is 0. The first-order valence-corrected chi connectivity index (χ1v) is 6.95. The third kappa shape index (κ3) is 2.20. The van der Waals surface area contributed by atoms with Crippen molar-refractivity contribution < 1.29 is 9.90 Å². The van der Waals surface area contributed by atoms with E-state index in [1.165, 1.54) is 0 Å². The summed E-state index contributed by atoms with van der Waals surface area (Å²) in [5.41, 5.74) is 0. The fourth-order valence-electron chi connectivity index (χ4n) is 3.72. The van der Waals surface area contributed by atoms with Crippen LogP contribution in [0.1, 0.15) is 38.5 Å². The van der Waals surface area contributed by atoms with Crippen molar-refractivity contribution in [3.8, 4) is 0 Å². The van der Waals surface area contributed by atoms with Crippen molar-refractivity contribution in [2.75, 3.05) is 13.1 Å². The number of nitrogens with one attached hydrogen (secondary N) is 1. The van der Waals surface area contributed by atoms with E-state index >= 15 is 0 Å². The van der Waals surface area contributed by atoms with Crippen LogP contribution in [0, 0.1) is 5.92 Å². The van der Waals surface area contributed by atoms with Crippen LogP contribution < -0.4 is 5.32 Å². The van der Waals surface area contributed by atoms with Gasteiger partial charge in [-0.25, -0.2) is 0 Å². The topological polar surface area (TPSA) is 52.6 Å². The SMILES string of the molecule is O=C1CC(NCC2CCC(O)C2)C2CCCN12. The lowest BCUT2D eigenvalue weighted by molar-refractivity contribution is -0.127. The molecule has 2 heterocycles. The Kier molecular flexibility index (Phi) is 3.09. The van der Waals surface area contributed by atoms with Crippen molar-refractivity contribution in [2.24, 2.45) is 5.92 Å². The summed E-state index contributed by atoms with van der Waals surface area (Å²) in [6.45, 7) is 1.93. The Morgan fingerprint density at radius 1 is 1.35 bits per heavy atom. The Bertz CT molecular complexity index is 308. The molecule has 0 aromatic heterocycles. The van der Waals surface area contributed by atoms with Gasteiger partial charge in [-0.05, 0) is 44.6 Å². The fraction of sp³-hybridized carbons (Fsp3) is 0.923. The molecule has 1 amide bonds. The molecule has 4 nitrogen and oxygen atoms in total. The summed E-state index contributed by atoms with van der Waals surface area (Å²) in [4.78, 5) is 13.8. The van der Waals surface area contributed by atoms with Gasteiger partial charge in [-0.15, -0.1) is 0 Å². The van der Waals surface area contributed by atoms with Gasteiger partial charge in [0.2, 0.25) is 5.91 Å². The molecular weight excluding hydrogens is 216 g/mol. The van der Waals surface area contributed by atoms with Crippen molar-refractivity contribution in [3.05, 3.63) is 0 Å². The zero-order chi connectivity index (χ0) is 11.8. The smallest absolute Gasteiger partial charge is 0.224 e. The van der Waals surface area contributed by atoms with E-state index in [0.29, 0.717) is 30.3 Å². The normalized spacial score (nSPS) is 41.2. The van der Waals surface area contributed by atoms with E-state index in [1.54, 1.807) is 0 Å². The number of carbonyl (C=O) groups excluding carboxylic acids is 1. The third-order valence-electron chi connectivity index (χ3n) is 4.66. The van der Waals surface area contributed by atoms with Crippen LogP contribution in [0.5, 0.6) is 0 Å². The molecule has 1 saturated carbocycles. The first kappa shape index (κ1) is 11.5. The molecule has 17 heavy (non-hydrogen) atoms. The summed E-state index contributed by atoms with van der Waals surface area (Å²) < 4.78 is 0. The monoisotopic (exact) mass is 238 g/mol. The molecule has 3 rings (SSSR count). The first-order chi connectivity index (χ1) is 8.24. The van der Waals surface area contributed by atoms with Crippen molar-refractivity contribution in [1.29, 1.82) is 0 Å². The summed E-state index contributed by atoms with van der Waals surface area (Å²) in [5, 5.41) is 13.1. The van der Waals surface area contributed by atoms with Gasteiger partial charge in [-0.2, -0.15) is 0 Å². The highest BCUT2D eigenvalue weighted by atomic mass is 16.3. The van der Waals surface area contributed by atoms with E-state index in [9.17, 15) is 9.90 Å². The van der Waals surface area contributed by atoms with Crippen LogP contribution in [-0.2, 0) is 4.79 Å². The van der Waals surface area contributed by atoms with Crippen LogP contribution in [0.3, 0.4) is 0 Å². The van der Waals surface area contributed by atoms with Gasteiger partial charge in [0.25, 0.3) is 0 Å². The van der Waals surface area contributed by atoms with Crippen molar-refractivity contribution in [3.63, 3.8) is 0 Å². The van der Waals surface area contributed by atoms with E-state index in [-0.39, 0.29) is 6.10 Å². The average molecular weight is 238 g/mol. The number of aliphatic hydroxyl groups excluding tert-OH is 1. The molecule has 0 radical (unpaired) electrons. The van der Waals surface area contributed by atoms with Crippen molar-refractivity contribution >= 4 is 5.91 Å². The Balaban J connectivity index is 1.50. The maximum absolute atomic E-state index is 11.8. The Morgan fingerprint density at radius 3 is 3.00 bits per heavy atom. The molecule has 0 aromatic carbocycles. The van der Waals surface area contributed by atoms with Crippen LogP contribution in [0.2, 0.25) is 0 Å². The van der Waals surface area contributed by atoms with Crippen LogP contribution in [0.25, 0.3) is 0 Å². The van der Waals surface area contributed by atoms with Gasteiger partial charge in [-0.3, -0.25) is 4.79 Å². The minimum Gasteiger partial charge on any atom is -0.393 e. The predicted octanol–water partition coefficient (Wildman–Crippen LogP) is 0.500. The van der Waals surface area contributed by atoms with Gasteiger partial charge in [-0.1, -0.05) is 0 Å². The maximum atomic E-state index is 11.8. The molecule has 3 fully saturated rings. The van der Waals surface area contributed by atoms with E-state index in [4.69, 9.17) is 0 Å². The Labute approximate surface area is 102 Å². The van der Waals surface area contributed by atoms with Crippen molar-refractivity contribution in [2.45, 2.75) is 56.7 Å². The summed E-state index contributed by atoms with van der Waals surface area (Å²) in [6, 6.07) is 0.816. The molecule has 96 valence electrons. The van der Waals surface area contributed by atoms with Crippen LogP contribution in [-0.4, -0.2) is 47.2 Å². The van der Waals surface area contributed by atoms with Gasteiger partial charge in [0, 0.05) is 25.0 Å². The number of carbonyl (C=O) groups is 1. The highest BCUT2D eigenvalue weighted by Gasteiger charge is 2.42. The predicted molar refractivity (Wildman–Crippen MR) is 64.5 cm³/mol. The second kappa shape index (κ2) is 4.58. The fourth-order valence-corrected chi connectivity index (χ4v) is 3.72. The van der Waals surface area contributed by atoms with E-state index in [1.807, 2.05) is 0 Å². The molecule has 2 aliphatic heterocycles. The van der Waals surface area contributed by atoms with Gasteiger partial charge >= 0.3 is 0 Å². The van der Waals surface area contributed by atoms with Crippen LogP contribution >= 0.6 is 0 Å². The highest BCUT2D eigenvalue weighted by Crippen LogP contribution is 2.30. The largest absolute Gasteiger partial charge is 0.393 e. The molecule has 4 heteroatoms. The summed E-state index contributed by atoms with van der Waals surface area (Å²) in [5.74, 6) is 0.937. The van der Waals surface area contributed by atoms with E-state index in [0.717, 1.165) is 45.2 Å². The molecule has 3 aliphatic rings. The lowest BCUT2D eigenvalue weighted by atomic mass is 10.0. The standard InChI is InChI=1S/C13H22N2O2/c16-10-4-3-9(6-10)8-14-11-7-13(17)15-5-1-2-12(11)15/h9-12,14,16H,1-8H2. The molecule has 2 saturated heterocycles. The number of amides is 1. The average Bonchev–Trinajstić information content (AvgIpc) is 2.96. The molecule has 0 bridgehead atoms. The van der Waals surface area contributed by atoms with E-state index in [2.05, 4.69) is 10.2 Å². The number of hydrogen-bond acceptors (Lipinski definition) is 3. The lowest BCUT2D eigenvalue weighted by Gasteiger charge is -2.22. The zero-order valence-electron chi connectivity index (χ0n) is 10.3. The summed E-state index contributed by atoms with van der Waals surface area (Å²) in [6.07, 6.45) is 5.93. The highest BCUT2D eigenvalue weighted by molar-refractivity contribution is 5.80. The number of fused-ring (bicyclic) bond motifs is 1. The quantitative estimate of drug-likeness (QED) is 0.753. The van der Waals surface area contributed by atoms with E-state index < -0.39 is 0 Å². The first-order valence-electron chi connectivity index (χ1n) is 6.95. The van der Waals surface area contributed by atoms with Gasteiger partial charge in [0.1, 0.15) is 0 Å². The number of aliphatic hydroxyl groups is 1. The zero-order valence-corrected chi connectivity index (χ0v) is 10.3. The second-order valence-electron chi connectivity index (χ2n) is 5.85. The second-order valence-corrected chi connectivity index (χ2v) is 5.85. The third-order valence-corrected chi connectivity index (χ3v) is 4.66. The minimum atomic E-state index is -0.0880. The Morgan fingerprint density at radius 2 is 2.24 bits per heavy atom. The van der Waals surface area contributed by atoms with Crippen molar-refractivity contribution in [1.82, 2.24) is 10.2 Å². The molecule has 2 N–H and O–H groups in total. The molecule has 0 spiro atoms.